The molecule has 1 aliphatic rings. The highest BCUT2D eigenvalue weighted by molar-refractivity contribution is 7.07. The second-order valence-electron chi connectivity index (χ2n) is 9.10. The van der Waals surface area contributed by atoms with Crippen LogP contribution in [0.3, 0.4) is 0 Å². The van der Waals surface area contributed by atoms with E-state index < -0.39 is 18.1 Å². The van der Waals surface area contributed by atoms with Crippen molar-refractivity contribution in [3.8, 4) is 22.6 Å². The molecule has 0 aliphatic carbocycles. The van der Waals surface area contributed by atoms with E-state index in [-0.39, 0.29) is 12.3 Å². The highest BCUT2D eigenvalue weighted by Crippen LogP contribution is 2.38. The summed E-state index contributed by atoms with van der Waals surface area (Å²) in [7, 11) is 3.20. The molecule has 3 heterocycles. The topological polar surface area (TPSA) is 116 Å². The SMILES string of the molecule is COc1cccc(OC)c1-c1ccc(C[C@H](NC(=O)[C@@H]2CCc3nnc(Cc4ccsc4)n32)C(=O)O)cc1. The number of nitrogens with zero attached hydrogens (tertiary/aromatic N) is 3. The van der Waals surface area contributed by atoms with Gasteiger partial charge in [0.2, 0.25) is 5.91 Å². The van der Waals surface area contributed by atoms with E-state index in [4.69, 9.17) is 9.47 Å². The molecule has 0 saturated heterocycles. The molecule has 0 saturated carbocycles. The first-order valence-corrected chi connectivity index (χ1v) is 13.2. The number of hydrogen-bond donors (Lipinski definition) is 2. The number of hydrogen-bond acceptors (Lipinski definition) is 7. The molecule has 0 fully saturated rings. The number of aryl methyl sites for hydroxylation is 1. The van der Waals surface area contributed by atoms with Gasteiger partial charge in [-0.25, -0.2) is 4.79 Å². The quantitative estimate of drug-likeness (QED) is 0.318. The number of nitrogens with one attached hydrogen (secondary N) is 1. The van der Waals surface area contributed by atoms with Gasteiger partial charge >= 0.3 is 5.97 Å². The zero-order valence-electron chi connectivity index (χ0n) is 21.1. The molecule has 2 atom stereocenters. The number of carbonyl (C=O) groups excluding carboxylic acids is 1. The number of fused-ring (bicyclic) bond motifs is 1. The molecule has 2 N–H and O–H groups in total. The molecule has 0 bridgehead atoms. The summed E-state index contributed by atoms with van der Waals surface area (Å²) in [5.74, 6) is 1.40. The Labute approximate surface area is 224 Å². The molecule has 2 aromatic carbocycles. The number of thiophene rings is 1. The van der Waals surface area contributed by atoms with Gasteiger partial charge in [0.1, 0.15) is 35.2 Å². The lowest BCUT2D eigenvalue weighted by Gasteiger charge is -2.20. The summed E-state index contributed by atoms with van der Waals surface area (Å²) < 4.78 is 12.9. The molecule has 9 nitrogen and oxygen atoms in total. The van der Waals surface area contributed by atoms with Gasteiger partial charge in [0, 0.05) is 19.3 Å². The average Bonchev–Trinajstić information content (AvgIpc) is 3.68. The van der Waals surface area contributed by atoms with Gasteiger partial charge in [0.05, 0.1) is 19.8 Å². The molecule has 0 unspecified atom stereocenters. The van der Waals surface area contributed by atoms with Gasteiger partial charge in [-0.2, -0.15) is 11.3 Å². The molecule has 2 aromatic heterocycles. The van der Waals surface area contributed by atoms with Crippen molar-refractivity contribution in [2.75, 3.05) is 14.2 Å². The third-order valence-corrected chi connectivity index (χ3v) is 7.49. The first-order chi connectivity index (χ1) is 18.5. The largest absolute Gasteiger partial charge is 0.496 e. The minimum atomic E-state index is -1.09. The number of carboxylic acid groups (broad SMARTS) is 1. The number of benzene rings is 2. The third-order valence-electron chi connectivity index (χ3n) is 6.76. The van der Waals surface area contributed by atoms with E-state index in [1.165, 1.54) is 0 Å². The molecule has 5 rings (SSSR count). The Kier molecular flexibility index (Phi) is 7.41. The molecule has 0 radical (unpaired) electrons. The van der Waals surface area contributed by atoms with Crippen molar-refractivity contribution in [1.29, 1.82) is 0 Å². The maximum Gasteiger partial charge on any atom is 0.326 e. The van der Waals surface area contributed by atoms with Crippen molar-refractivity contribution >= 4 is 23.2 Å². The summed E-state index contributed by atoms with van der Waals surface area (Å²) in [5, 5.41) is 25.2. The normalized spacial score (nSPS) is 15.1. The summed E-state index contributed by atoms with van der Waals surface area (Å²) in [6.07, 6.45) is 1.91. The summed E-state index contributed by atoms with van der Waals surface area (Å²) in [6.45, 7) is 0. The number of carboxylic acids is 1. The van der Waals surface area contributed by atoms with E-state index in [0.717, 1.165) is 28.1 Å². The fourth-order valence-corrected chi connectivity index (χ4v) is 5.55. The number of rotatable bonds is 10. The Balaban J connectivity index is 1.30. The Morgan fingerprint density at radius 3 is 2.45 bits per heavy atom. The molecule has 1 amide bonds. The van der Waals surface area contributed by atoms with Crippen LogP contribution in [0.1, 0.15) is 35.2 Å². The lowest BCUT2D eigenvalue weighted by molar-refractivity contribution is -0.142. The van der Waals surface area contributed by atoms with E-state index in [1.807, 2.05) is 63.9 Å². The van der Waals surface area contributed by atoms with Crippen LogP contribution in [0.15, 0.2) is 59.3 Å². The van der Waals surface area contributed by atoms with Crippen LogP contribution in [0, 0.1) is 0 Å². The predicted molar refractivity (Wildman–Crippen MR) is 143 cm³/mol. The predicted octanol–water partition coefficient (Wildman–Crippen LogP) is 3.91. The smallest absolute Gasteiger partial charge is 0.326 e. The summed E-state index contributed by atoms with van der Waals surface area (Å²) in [6, 6.07) is 13.5. The van der Waals surface area contributed by atoms with E-state index in [2.05, 4.69) is 15.5 Å². The molecule has 4 aromatic rings. The fraction of sp³-hybridized carbons (Fsp3) is 0.286. The van der Waals surface area contributed by atoms with Gasteiger partial charge in [0.25, 0.3) is 0 Å². The van der Waals surface area contributed by atoms with Gasteiger partial charge in [-0.15, -0.1) is 10.2 Å². The highest BCUT2D eigenvalue weighted by Gasteiger charge is 2.34. The first kappa shape index (κ1) is 25.5. The zero-order chi connectivity index (χ0) is 26.6. The zero-order valence-corrected chi connectivity index (χ0v) is 21.9. The minimum Gasteiger partial charge on any atom is -0.496 e. The van der Waals surface area contributed by atoms with Crippen LogP contribution in [0.25, 0.3) is 11.1 Å². The molecule has 1 aliphatic heterocycles. The van der Waals surface area contributed by atoms with E-state index in [1.54, 1.807) is 25.6 Å². The van der Waals surface area contributed by atoms with E-state index in [9.17, 15) is 14.7 Å². The van der Waals surface area contributed by atoms with Gasteiger partial charge in [-0.1, -0.05) is 30.3 Å². The van der Waals surface area contributed by atoms with Crippen molar-refractivity contribution in [2.24, 2.45) is 0 Å². The molecular weight excluding hydrogens is 504 g/mol. The molecule has 196 valence electrons. The van der Waals surface area contributed by atoms with Crippen LogP contribution in [0.4, 0.5) is 0 Å². The monoisotopic (exact) mass is 532 g/mol. The van der Waals surface area contributed by atoms with Gasteiger partial charge in [-0.3, -0.25) is 4.79 Å². The Morgan fingerprint density at radius 1 is 1.08 bits per heavy atom. The number of carbonyl (C=O) groups is 2. The minimum absolute atomic E-state index is 0.147. The van der Waals surface area contributed by atoms with Crippen molar-refractivity contribution in [2.45, 2.75) is 37.8 Å². The molecule has 38 heavy (non-hydrogen) atoms. The summed E-state index contributed by atoms with van der Waals surface area (Å²) >= 11 is 1.60. The maximum atomic E-state index is 13.3. The van der Waals surface area contributed by atoms with E-state index in [0.29, 0.717) is 36.6 Å². The van der Waals surface area contributed by atoms with Crippen molar-refractivity contribution in [3.63, 3.8) is 0 Å². The standard InChI is InChI=1S/C28H28N4O5S/c1-36-22-4-3-5-23(37-2)26(22)19-8-6-17(7-9-19)14-20(28(34)35)29-27(33)21-10-11-24-30-31-25(32(21)24)15-18-12-13-38-16-18/h3-9,12-13,16,20-21H,10-11,14-15H2,1-2H3,(H,29,33)(H,34,35)/t20-,21-/m0/s1. The number of aliphatic carboxylic acids is 1. The van der Waals surface area contributed by atoms with Gasteiger partial charge in [0.15, 0.2) is 0 Å². The van der Waals surface area contributed by atoms with Gasteiger partial charge in [-0.05, 0) is 52.1 Å². The second kappa shape index (κ2) is 11.1. The fourth-order valence-electron chi connectivity index (χ4n) is 4.88. The number of aromatic nitrogens is 3. The third kappa shape index (κ3) is 5.12. The first-order valence-electron chi connectivity index (χ1n) is 12.3. The van der Waals surface area contributed by atoms with Crippen LogP contribution < -0.4 is 14.8 Å². The van der Waals surface area contributed by atoms with Crippen LogP contribution in [0.5, 0.6) is 11.5 Å². The lowest BCUT2D eigenvalue weighted by Crippen LogP contribution is -2.45. The van der Waals surface area contributed by atoms with E-state index >= 15 is 0 Å². The van der Waals surface area contributed by atoms with Crippen molar-refractivity contribution in [1.82, 2.24) is 20.1 Å². The molecule has 0 spiro atoms. The van der Waals surface area contributed by atoms with Crippen LogP contribution >= 0.6 is 11.3 Å². The number of amides is 1. The van der Waals surface area contributed by atoms with Crippen molar-refractivity contribution < 1.29 is 24.2 Å². The molecular formula is C28H28N4O5S. The second-order valence-corrected chi connectivity index (χ2v) is 9.88. The lowest BCUT2D eigenvalue weighted by atomic mass is 9.99. The highest BCUT2D eigenvalue weighted by atomic mass is 32.1. The Hall–Kier alpha value is -4.18. The Bertz CT molecular complexity index is 1410. The average molecular weight is 533 g/mol. The summed E-state index contributed by atoms with van der Waals surface area (Å²) in [4.78, 5) is 25.4. The number of methoxy groups -OCH3 is 2. The Morgan fingerprint density at radius 2 is 1.82 bits per heavy atom. The maximum absolute atomic E-state index is 13.3. The van der Waals surface area contributed by atoms with Crippen LogP contribution in [-0.2, 0) is 28.9 Å². The van der Waals surface area contributed by atoms with Gasteiger partial charge < -0.3 is 24.5 Å². The molecule has 10 heteroatoms. The summed E-state index contributed by atoms with van der Waals surface area (Å²) in [5.41, 5.74) is 3.58. The van der Waals surface area contributed by atoms with Crippen LogP contribution in [0.2, 0.25) is 0 Å². The van der Waals surface area contributed by atoms with Crippen LogP contribution in [-0.4, -0.2) is 52.0 Å². The number of ether oxygens (including phenoxy) is 2. The van der Waals surface area contributed by atoms with Crippen molar-refractivity contribution in [3.05, 3.63) is 82.1 Å².